The summed E-state index contributed by atoms with van der Waals surface area (Å²) in [7, 11) is 0. The van der Waals surface area contributed by atoms with Crippen LogP contribution < -0.4 is 9.47 Å². The van der Waals surface area contributed by atoms with Crippen LogP contribution in [0, 0.1) is 11.8 Å². The highest BCUT2D eigenvalue weighted by atomic mass is 35.5. The third kappa shape index (κ3) is 2.69. The third-order valence-corrected chi connectivity index (χ3v) is 4.97. The molecule has 0 saturated heterocycles. The van der Waals surface area contributed by atoms with E-state index in [0.29, 0.717) is 5.92 Å². The summed E-state index contributed by atoms with van der Waals surface area (Å²) in [5.41, 5.74) is 1.17. The van der Waals surface area contributed by atoms with Gasteiger partial charge in [0.25, 0.3) is 0 Å². The van der Waals surface area contributed by atoms with Crippen LogP contribution in [0.4, 0.5) is 0 Å². The molecule has 0 bridgehead atoms. The lowest BCUT2D eigenvalue weighted by Gasteiger charge is -2.22. The minimum absolute atomic E-state index is 0.0923. The van der Waals surface area contributed by atoms with Crippen molar-refractivity contribution < 1.29 is 9.47 Å². The molecule has 1 fully saturated rings. The molecule has 0 amide bonds. The summed E-state index contributed by atoms with van der Waals surface area (Å²) >= 11 is 6.69. The normalized spacial score (nSPS) is 27.9. The first-order valence-corrected chi connectivity index (χ1v) is 7.73. The van der Waals surface area contributed by atoms with Crippen molar-refractivity contribution in [2.45, 2.75) is 38.0 Å². The Balaban J connectivity index is 1.82. The summed E-state index contributed by atoms with van der Waals surface area (Å²) in [4.78, 5) is 0. The molecule has 0 aromatic heterocycles. The zero-order valence-electron chi connectivity index (χ0n) is 11.4. The summed E-state index contributed by atoms with van der Waals surface area (Å²) in [6.07, 6.45) is 4.79. The second kappa shape index (κ2) is 5.62. The molecule has 19 heavy (non-hydrogen) atoms. The van der Waals surface area contributed by atoms with Crippen LogP contribution >= 0.6 is 11.6 Å². The summed E-state index contributed by atoms with van der Waals surface area (Å²) < 4.78 is 11.4. The Morgan fingerprint density at radius 3 is 2.63 bits per heavy atom. The molecule has 3 rings (SSSR count). The summed E-state index contributed by atoms with van der Waals surface area (Å²) in [5.74, 6) is 3.01. The Bertz CT molecular complexity index is 446. The summed E-state index contributed by atoms with van der Waals surface area (Å²) in [6.45, 7) is 3.77. The molecule has 3 atom stereocenters. The molecule has 2 nitrogen and oxygen atoms in total. The van der Waals surface area contributed by atoms with Gasteiger partial charge in [-0.3, -0.25) is 0 Å². The maximum absolute atomic E-state index is 6.69. The maximum atomic E-state index is 6.69. The number of benzene rings is 1. The van der Waals surface area contributed by atoms with Gasteiger partial charge in [-0.05, 0) is 36.0 Å². The summed E-state index contributed by atoms with van der Waals surface area (Å²) in [5, 5.41) is 0.0923. The molecule has 2 aliphatic rings. The second-order valence-electron chi connectivity index (χ2n) is 5.73. The van der Waals surface area contributed by atoms with Crippen LogP contribution in [0.3, 0.4) is 0 Å². The van der Waals surface area contributed by atoms with Gasteiger partial charge in [0.1, 0.15) is 0 Å². The zero-order valence-corrected chi connectivity index (χ0v) is 12.2. The number of fused-ring (bicyclic) bond motifs is 1. The third-order valence-electron chi connectivity index (χ3n) is 4.39. The van der Waals surface area contributed by atoms with E-state index in [4.69, 9.17) is 21.1 Å². The Labute approximate surface area is 120 Å². The van der Waals surface area contributed by atoms with Gasteiger partial charge in [0.15, 0.2) is 11.5 Å². The molecule has 3 heteroatoms. The second-order valence-corrected chi connectivity index (χ2v) is 6.20. The molecule has 3 unspecified atom stereocenters. The van der Waals surface area contributed by atoms with Crippen LogP contribution in [0.2, 0.25) is 0 Å². The minimum Gasteiger partial charge on any atom is -0.490 e. The minimum atomic E-state index is 0.0923. The standard InChI is InChI=1S/C16H21ClO2/c1-11-4-2-5-13(11)16(17)12-6-7-14-15(10-12)19-9-3-8-18-14/h6-7,10-11,13,16H,2-5,8-9H2,1H3. The van der Waals surface area contributed by atoms with Crippen molar-refractivity contribution in [2.75, 3.05) is 13.2 Å². The molecule has 104 valence electrons. The highest BCUT2D eigenvalue weighted by Crippen LogP contribution is 2.45. The molecule has 0 radical (unpaired) electrons. The monoisotopic (exact) mass is 280 g/mol. The number of ether oxygens (including phenoxy) is 2. The van der Waals surface area contributed by atoms with Crippen molar-refractivity contribution >= 4 is 11.6 Å². The maximum Gasteiger partial charge on any atom is 0.161 e. The molecule has 0 spiro atoms. The number of hydrogen-bond acceptors (Lipinski definition) is 2. The number of rotatable bonds is 2. The molecular formula is C16H21ClO2. The van der Waals surface area contributed by atoms with Crippen LogP contribution in [0.1, 0.15) is 43.5 Å². The lowest BCUT2D eigenvalue weighted by atomic mass is 9.90. The molecule has 1 aliphatic carbocycles. The fraction of sp³-hybridized carbons (Fsp3) is 0.625. The van der Waals surface area contributed by atoms with Crippen molar-refractivity contribution in [1.29, 1.82) is 0 Å². The molecular weight excluding hydrogens is 260 g/mol. The van der Waals surface area contributed by atoms with Crippen LogP contribution in [-0.2, 0) is 0 Å². The van der Waals surface area contributed by atoms with E-state index in [2.05, 4.69) is 19.1 Å². The number of hydrogen-bond donors (Lipinski definition) is 0. The van der Waals surface area contributed by atoms with Gasteiger partial charge in [-0.25, -0.2) is 0 Å². The Hall–Kier alpha value is -0.890. The molecule has 0 N–H and O–H groups in total. The van der Waals surface area contributed by atoms with Crippen molar-refractivity contribution in [1.82, 2.24) is 0 Å². The molecule has 1 aromatic rings. The fourth-order valence-corrected chi connectivity index (χ4v) is 3.72. The Morgan fingerprint density at radius 1 is 1.11 bits per heavy atom. The largest absolute Gasteiger partial charge is 0.490 e. The number of alkyl halides is 1. The Morgan fingerprint density at radius 2 is 1.89 bits per heavy atom. The van der Waals surface area contributed by atoms with Gasteiger partial charge in [-0.15, -0.1) is 11.6 Å². The lowest BCUT2D eigenvalue weighted by molar-refractivity contribution is 0.297. The average molecular weight is 281 g/mol. The fourth-order valence-electron chi connectivity index (χ4n) is 3.21. The van der Waals surface area contributed by atoms with Gasteiger partial charge in [-0.2, -0.15) is 0 Å². The van der Waals surface area contributed by atoms with Crippen LogP contribution in [0.15, 0.2) is 18.2 Å². The van der Waals surface area contributed by atoms with Gasteiger partial charge in [-0.1, -0.05) is 25.8 Å². The first-order chi connectivity index (χ1) is 9.25. The van der Waals surface area contributed by atoms with Crippen LogP contribution in [-0.4, -0.2) is 13.2 Å². The van der Waals surface area contributed by atoms with E-state index >= 15 is 0 Å². The SMILES string of the molecule is CC1CCCC1C(Cl)c1ccc2c(c1)OCCCO2. The highest BCUT2D eigenvalue weighted by Gasteiger charge is 2.31. The van der Waals surface area contributed by atoms with E-state index in [1.807, 2.05) is 6.07 Å². The van der Waals surface area contributed by atoms with E-state index in [0.717, 1.165) is 37.1 Å². The van der Waals surface area contributed by atoms with Gasteiger partial charge in [0, 0.05) is 6.42 Å². The van der Waals surface area contributed by atoms with E-state index in [-0.39, 0.29) is 5.38 Å². The van der Waals surface area contributed by atoms with E-state index in [1.54, 1.807) is 0 Å². The zero-order chi connectivity index (χ0) is 13.2. The lowest BCUT2D eigenvalue weighted by Crippen LogP contribution is -2.11. The number of halogens is 1. The van der Waals surface area contributed by atoms with Gasteiger partial charge in [0.2, 0.25) is 0 Å². The molecule has 1 saturated carbocycles. The first kappa shape index (κ1) is 13.1. The quantitative estimate of drug-likeness (QED) is 0.739. The Kier molecular flexibility index (Phi) is 3.88. The van der Waals surface area contributed by atoms with Gasteiger partial charge < -0.3 is 9.47 Å². The topological polar surface area (TPSA) is 18.5 Å². The first-order valence-electron chi connectivity index (χ1n) is 7.29. The molecule has 1 aliphatic heterocycles. The average Bonchev–Trinajstić information content (AvgIpc) is 2.72. The summed E-state index contributed by atoms with van der Waals surface area (Å²) in [6, 6.07) is 6.17. The predicted octanol–water partition coefficient (Wildman–Crippen LogP) is 4.56. The van der Waals surface area contributed by atoms with E-state index in [1.165, 1.54) is 24.8 Å². The van der Waals surface area contributed by atoms with Crippen molar-refractivity contribution in [2.24, 2.45) is 11.8 Å². The molecule has 1 aromatic carbocycles. The van der Waals surface area contributed by atoms with Crippen molar-refractivity contribution in [3.8, 4) is 11.5 Å². The smallest absolute Gasteiger partial charge is 0.161 e. The predicted molar refractivity (Wildman–Crippen MR) is 77.1 cm³/mol. The van der Waals surface area contributed by atoms with Crippen molar-refractivity contribution in [3.05, 3.63) is 23.8 Å². The van der Waals surface area contributed by atoms with Crippen LogP contribution in [0.5, 0.6) is 11.5 Å². The van der Waals surface area contributed by atoms with E-state index in [9.17, 15) is 0 Å². The van der Waals surface area contributed by atoms with E-state index < -0.39 is 0 Å². The van der Waals surface area contributed by atoms with Crippen LogP contribution in [0.25, 0.3) is 0 Å². The van der Waals surface area contributed by atoms with Gasteiger partial charge >= 0.3 is 0 Å². The van der Waals surface area contributed by atoms with Gasteiger partial charge in [0.05, 0.1) is 18.6 Å². The highest BCUT2D eigenvalue weighted by molar-refractivity contribution is 6.21. The van der Waals surface area contributed by atoms with Crippen molar-refractivity contribution in [3.63, 3.8) is 0 Å². The molecule has 1 heterocycles.